The fourth-order valence-electron chi connectivity index (χ4n) is 1.91. The van der Waals surface area contributed by atoms with Crippen molar-refractivity contribution in [1.29, 1.82) is 0 Å². The molecule has 7 nitrogen and oxygen atoms in total. The lowest BCUT2D eigenvalue weighted by Gasteiger charge is -2.08. The molecule has 0 amide bonds. The molecular weight excluding hydrogens is 274 g/mol. The lowest BCUT2D eigenvalue weighted by Crippen LogP contribution is -2.17. The fourth-order valence-corrected chi connectivity index (χ4v) is 1.91. The number of nitrogens with zero attached hydrogens (tertiary/aromatic N) is 3. The number of carbonyl (C=O) groups excluding carboxylic acids is 2. The summed E-state index contributed by atoms with van der Waals surface area (Å²) in [4.78, 5) is 23.5. The van der Waals surface area contributed by atoms with E-state index in [1.54, 1.807) is 0 Å². The van der Waals surface area contributed by atoms with E-state index in [1.807, 2.05) is 31.2 Å². The largest absolute Gasteiger partial charge is 0.464 e. The van der Waals surface area contributed by atoms with Crippen LogP contribution in [0.2, 0.25) is 0 Å². The van der Waals surface area contributed by atoms with Gasteiger partial charge in [0.15, 0.2) is 5.69 Å². The molecule has 0 aliphatic rings. The van der Waals surface area contributed by atoms with Crippen molar-refractivity contribution in [3.05, 3.63) is 46.8 Å². The zero-order chi connectivity index (χ0) is 15.4. The molecule has 2 rings (SSSR count). The van der Waals surface area contributed by atoms with E-state index < -0.39 is 11.9 Å². The number of methoxy groups -OCH3 is 2. The number of esters is 2. The highest BCUT2D eigenvalue weighted by atomic mass is 16.5. The van der Waals surface area contributed by atoms with Gasteiger partial charge < -0.3 is 9.47 Å². The molecule has 0 aliphatic carbocycles. The first kappa shape index (κ1) is 14.7. The first-order valence-corrected chi connectivity index (χ1v) is 6.23. The molecule has 7 heteroatoms. The Morgan fingerprint density at radius 2 is 1.81 bits per heavy atom. The minimum atomic E-state index is -0.730. The van der Waals surface area contributed by atoms with Crippen LogP contribution >= 0.6 is 0 Å². The average molecular weight is 289 g/mol. The predicted octanol–water partition coefficient (Wildman–Crippen LogP) is 1.21. The Bertz CT molecular complexity index is 679. The number of ether oxygens (including phenoxy) is 2. The number of benzene rings is 1. The van der Waals surface area contributed by atoms with Gasteiger partial charge in [-0.3, -0.25) is 0 Å². The van der Waals surface area contributed by atoms with E-state index in [0.29, 0.717) is 6.54 Å². The third-order valence-corrected chi connectivity index (χ3v) is 3.07. The van der Waals surface area contributed by atoms with E-state index in [0.717, 1.165) is 11.1 Å². The van der Waals surface area contributed by atoms with Crippen molar-refractivity contribution in [3.8, 4) is 0 Å². The van der Waals surface area contributed by atoms with Gasteiger partial charge in [-0.15, -0.1) is 5.10 Å². The minimum Gasteiger partial charge on any atom is -0.464 e. The van der Waals surface area contributed by atoms with Crippen LogP contribution in [0, 0.1) is 6.92 Å². The molecule has 1 aromatic carbocycles. The molecule has 0 N–H and O–H groups in total. The van der Waals surface area contributed by atoms with Crippen molar-refractivity contribution in [2.45, 2.75) is 13.5 Å². The SMILES string of the molecule is COC(=O)c1nnn(Cc2ccccc2C)c1C(=O)OC. The Hall–Kier alpha value is -2.70. The second-order valence-corrected chi connectivity index (χ2v) is 4.35. The summed E-state index contributed by atoms with van der Waals surface area (Å²) in [6.07, 6.45) is 0. The number of hydrogen-bond donors (Lipinski definition) is 0. The highest BCUT2D eigenvalue weighted by Gasteiger charge is 2.27. The van der Waals surface area contributed by atoms with E-state index in [2.05, 4.69) is 15.0 Å². The molecule has 2 aromatic rings. The summed E-state index contributed by atoms with van der Waals surface area (Å²) in [6, 6.07) is 7.67. The zero-order valence-electron chi connectivity index (χ0n) is 12.0. The fraction of sp³-hybridized carbons (Fsp3) is 0.286. The molecular formula is C14H15N3O4. The lowest BCUT2D eigenvalue weighted by atomic mass is 10.1. The molecule has 0 bridgehead atoms. The van der Waals surface area contributed by atoms with Gasteiger partial charge in [-0.1, -0.05) is 29.5 Å². The second-order valence-electron chi connectivity index (χ2n) is 4.35. The summed E-state index contributed by atoms with van der Waals surface area (Å²) in [5.41, 5.74) is 1.83. The number of aromatic nitrogens is 3. The number of hydrogen-bond acceptors (Lipinski definition) is 6. The van der Waals surface area contributed by atoms with Crippen molar-refractivity contribution in [2.75, 3.05) is 14.2 Å². The Morgan fingerprint density at radius 1 is 1.14 bits per heavy atom. The summed E-state index contributed by atoms with van der Waals surface area (Å²) >= 11 is 0. The number of carbonyl (C=O) groups is 2. The Balaban J connectivity index is 2.45. The van der Waals surface area contributed by atoms with E-state index >= 15 is 0 Å². The van der Waals surface area contributed by atoms with Crippen LogP contribution in [0.4, 0.5) is 0 Å². The smallest absolute Gasteiger partial charge is 0.361 e. The molecule has 0 aliphatic heterocycles. The molecule has 0 spiro atoms. The van der Waals surface area contributed by atoms with E-state index in [-0.39, 0.29) is 11.4 Å². The highest BCUT2D eigenvalue weighted by molar-refractivity contribution is 6.00. The molecule has 0 radical (unpaired) electrons. The van der Waals surface area contributed by atoms with Gasteiger partial charge in [0.1, 0.15) is 0 Å². The number of rotatable bonds is 4. The predicted molar refractivity (Wildman–Crippen MR) is 73.0 cm³/mol. The van der Waals surface area contributed by atoms with E-state index in [1.165, 1.54) is 18.9 Å². The maximum Gasteiger partial charge on any atom is 0.361 e. The number of aryl methyl sites for hydroxylation is 1. The van der Waals surface area contributed by atoms with Gasteiger partial charge in [0.05, 0.1) is 20.8 Å². The van der Waals surface area contributed by atoms with Crippen LogP contribution in [-0.4, -0.2) is 41.2 Å². The van der Waals surface area contributed by atoms with Gasteiger partial charge in [0.25, 0.3) is 0 Å². The van der Waals surface area contributed by atoms with Crippen molar-refractivity contribution < 1.29 is 19.1 Å². The van der Waals surface area contributed by atoms with E-state index in [9.17, 15) is 9.59 Å². The summed E-state index contributed by atoms with van der Waals surface area (Å²) in [6.45, 7) is 2.26. The van der Waals surface area contributed by atoms with Crippen molar-refractivity contribution in [2.24, 2.45) is 0 Å². The summed E-state index contributed by atoms with van der Waals surface area (Å²) in [5.74, 6) is -1.42. The summed E-state index contributed by atoms with van der Waals surface area (Å²) in [5, 5.41) is 7.57. The van der Waals surface area contributed by atoms with Crippen molar-refractivity contribution >= 4 is 11.9 Å². The van der Waals surface area contributed by atoms with Crippen LogP contribution in [-0.2, 0) is 16.0 Å². The van der Waals surface area contributed by atoms with Gasteiger partial charge in [-0.2, -0.15) is 0 Å². The molecule has 0 atom stereocenters. The first-order chi connectivity index (χ1) is 10.1. The van der Waals surface area contributed by atoms with Gasteiger partial charge in [0, 0.05) is 0 Å². The van der Waals surface area contributed by atoms with Crippen LogP contribution in [0.25, 0.3) is 0 Å². The molecule has 0 unspecified atom stereocenters. The topological polar surface area (TPSA) is 83.3 Å². The summed E-state index contributed by atoms with van der Waals surface area (Å²) < 4.78 is 10.6. The van der Waals surface area contributed by atoms with Crippen LogP contribution in [0.5, 0.6) is 0 Å². The van der Waals surface area contributed by atoms with Crippen LogP contribution in [0.15, 0.2) is 24.3 Å². The van der Waals surface area contributed by atoms with Gasteiger partial charge in [0.2, 0.25) is 5.69 Å². The zero-order valence-corrected chi connectivity index (χ0v) is 12.0. The third kappa shape index (κ3) is 2.91. The molecule has 0 fully saturated rings. The maximum atomic E-state index is 11.9. The minimum absolute atomic E-state index is 0.0207. The van der Waals surface area contributed by atoms with Gasteiger partial charge in [-0.25, -0.2) is 14.3 Å². The molecule has 110 valence electrons. The molecule has 21 heavy (non-hydrogen) atoms. The van der Waals surface area contributed by atoms with Gasteiger partial charge in [-0.05, 0) is 18.1 Å². The summed E-state index contributed by atoms with van der Waals surface area (Å²) in [7, 11) is 2.44. The van der Waals surface area contributed by atoms with E-state index in [4.69, 9.17) is 4.74 Å². The standard InChI is InChI=1S/C14H15N3O4/c1-9-6-4-5-7-10(9)8-17-12(14(19)21-3)11(15-16-17)13(18)20-2/h4-7H,8H2,1-3H3. The maximum absolute atomic E-state index is 11.9. The molecule has 0 saturated heterocycles. The Labute approximate surface area is 121 Å². The van der Waals surface area contributed by atoms with Crippen LogP contribution in [0.1, 0.15) is 32.1 Å². The average Bonchev–Trinajstić information content (AvgIpc) is 2.91. The Kier molecular flexibility index (Phi) is 4.32. The Morgan fingerprint density at radius 3 is 2.43 bits per heavy atom. The molecule has 1 aromatic heterocycles. The van der Waals surface area contributed by atoms with Crippen LogP contribution < -0.4 is 0 Å². The van der Waals surface area contributed by atoms with Crippen molar-refractivity contribution in [3.63, 3.8) is 0 Å². The van der Waals surface area contributed by atoms with Crippen molar-refractivity contribution in [1.82, 2.24) is 15.0 Å². The lowest BCUT2D eigenvalue weighted by molar-refractivity contribution is 0.0544. The molecule has 0 saturated carbocycles. The van der Waals surface area contributed by atoms with Crippen LogP contribution in [0.3, 0.4) is 0 Å². The normalized spacial score (nSPS) is 10.2. The van der Waals surface area contributed by atoms with Gasteiger partial charge >= 0.3 is 11.9 Å². The monoisotopic (exact) mass is 289 g/mol. The first-order valence-electron chi connectivity index (χ1n) is 6.23. The molecule has 1 heterocycles. The third-order valence-electron chi connectivity index (χ3n) is 3.07. The quantitative estimate of drug-likeness (QED) is 0.787. The second kappa shape index (κ2) is 6.17. The highest BCUT2D eigenvalue weighted by Crippen LogP contribution is 2.13.